The van der Waals surface area contributed by atoms with Gasteiger partial charge in [-0.1, -0.05) is 0 Å². The van der Waals surface area contributed by atoms with Gasteiger partial charge in [0.2, 0.25) is 0 Å². The van der Waals surface area contributed by atoms with E-state index < -0.39 is 17.1 Å². The summed E-state index contributed by atoms with van der Waals surface area (Å²) < 4.78 is 12.1. The molecule has 2 heterocycles. The van der Waals surface area contributed by atoms with Gasteiger partial charge in [-0.15, -0.1) is 5.10 Å². The standard InChI is InChI=1S/C13H20N4O7/c1-8-11(17(21)22)12(24-4-2-3-14-13(19)20)15-16(8)9-5-10(18)7-23-6-9/h9-10,14,18H,2-7H2,1H3,(H,19,20). The second kappa shape index (κ2) is 7.93. The Kier molecular flexibility index (Phi) is 5.93. The number of aliphatic hydroxyl groups excluding tert-OH is 1. The molecule has 1 amide bonds. The number of amides is 1. The molecule has 1 aliphatic heterocycles. The lowest BCUT2D eigenvalue weighted by atomic mass is 10.1. The van der Waals surface area contributed by atoms with Gasteiger partial charge in [-0.3, -0.25) is 14.8 Å². The van der Waals surface area contributed by atoms with E-state index in [-0.39, 0.29) is 37.4 Å². The molecule has 1 aliphatic rings. The number of hydrogen-bond donors (Lipinski definition) is 3. The minimum Gasteiger partial charge on any atom is -0.472 e. The number of aliphatic hydroxyl groups is 1. The lowest BCUT2D eigenvalue weighted by molar-refractivity contribution is -0.386. The van der Waals surface area contributed by atoms with Gasteiger partial charge < -0.3 is 25.0 Å². The van der Waals surface area contributed by atoms with Crippen LogP contribution >= 0.6 is 0 Å². The van der Waals surface area contributed by atoms with Crippen molar-refractivity contribution < 1.29 is 29.4 Å². The van der Waals surface area contributed by atoms with Crippen LogP contribution in [0.25, 0.3) is 0 Å². The van der Waals surface area contributed by atoms with Gasteiger partial charge in [0.1, 0.15) is 5.69 Å². The summed E-state index contributed by atoms with van der Waals surface area (Å²) in [6, 6.07) is -0.307. The molecule has 134 valence electrons. The summed E-state index contributed by atoms with van der Waals surface area (Å²) in [5.74, 6) is -0.118. The number of ether oxygens (including phenoxy) is 2. The number of aromatic nitrogens is 2. The van der Waals surface area contributed by atoms with E-state index in [4.69, 9.17) is 14.6 Å². The van der Waals surface area contributed by atoms with Crippen molar-refractivity contribution >= 4 is 11.8 Å². The van der Waals surface area contributed by atoms with E-state index in [1.165, 1.54) is 4.68 Å². The van der Waals surface area contributed by atoms with Crippen molar-refractivity contribution in [3.05, 3.63) is 15.8 Å². The smallest absolute Gasteiger partial charge is 0.404 e. The van der Waals surface area contributed by atoms with E-state index in [2.05, 4.69) is 10.4 Å². The fourth-order valence-electron chi connectivity index (χ4n) is 2.54. The van der Waals surface area contributed by atoms with E-state index in [0.717, 1.165) is 0 Å². The average Bonchev–Trinajstić information content (AvgIpc) is 2.83. The maximum Gasteiger partial charge on any atom is 0.404 e. The van der Waals surface area contributed by atoms with Gasteiger partial charge in [0, 0.05) is 13.0 Å². The number of carbonyl (C=O) groups is 1. The Morgan fingerprint density at radius 1 is 1.58 bits per heavy atom. The van der Waals surface area contributed by atoms with Gasteiger partial charge in [0.25, 0.3) is 0 Å². The third kappa shape index (κ3) is 4.32. The molecular weight excluding hydrogens is 324 g/mol. The Morgan fingerprint density at radius 2 is 2.33 bits per heavy atom. The molecule has 1 aromatic heterocycles. The molecule has 1 aromatic rings. The molecule has 2 atom stereocenters. The highest BCUT2D eigenvalue weighted by molar-refractivity contribution is 5.64. The minimum absolute atomic E-state index is 0.0847. The third-order valence-corrected chi connectivity index (χ3v) is 3.62. The summed E-state index contributed by atoms with van der Waals surface area (Å²) in [4.78, 5) is 21.1. The number of carboxylic acid groups (broad SMARTS) is 1. The first-order chi connectivity index (χ1) is 11.4. The Bertz CT molecular complexity index is 603. The monoisotopic (exact) mass is 344 g/mol. The van der Waals surface area contributed by atoms with Crippen LogP contribution in [-0.4, -0.2) is 63.5 Å². The molecule has 1 saturated heterocycles. The number of rotatable bonds is 7. The molecule has 11 nitrogen and oxygen atoms in total. The van der Waals surface area contributed by atoms with E-state index >= 15 is 0 Å². The van der Waals surface area contributed by atoms with Crippen molar-refractivity contribution in [1.29, 1.82) is 0 Å². The molecule has 0 saturated carbocycles. The second-order valence-corrected chi connectivity index (χ2v) is 5.46. The van der Waals surface area contributed by atoms with Crippen LogP contribution in [0.5, 0.6) is 5.88 Å². The molecular formula is C13H20N4O7. The van der Waals surface area contributed by atoms with Gasteiger partial charge >= 0.3 is 17.7 Å². The number of hydrogen-bond acceptors (Lipinski definition) is 7. The molecule has 1 fully saturated rings. The second-order valence-electron chi connectivity index (χ2n) is 5.46. The quantitative estimate of drug-likeness (QED) is 0.367. The normalized spacial score (nSPS) is 20.6. The van der Waals surface area contributed by atoms with E-state index in [0.29, 0.717) is 25.1 Å². The van der Waals surface area contributed by atoms with Crippen LogP contribution in [0.2, 0.25) is 0 Å². The van der Waals surface area contributed by atoms with Crippen molar-refractivity contribution in [3.63, 3.8) is 0 Å². The van der Waals surface area contributed by atoms with Gasteiger partial charge in [-0.05, 0) is 13.3 Å². The molecule has 0 bridgehead atoms. The van der Waals surface area contributed by atoms with Crippen molar-refractivity contribution in [2.75, 3.05) is 26.4 Å². The van der Waals surface area contributed by atoms with E-state index in [9.17, 15) is 20.0 Å². The van der Waals surface area contributed by atoms with Crippen LogP contribution in [-0.2, 0) is 4.74 Å². The molecule has 11 heteroatoms. The summed E-state index contributed by atoms with van der Waals surface area (Å²) in [5.41, 5.74) is 0.0858. The zero-order chi connectivity index (χ0) is 17.7. The van der Waals surface area contributed by atoms with E-state index in [1.807, 2.05) is 0 Å². The first kappa shape index (κ1) is 17.9. The molecule has 0 spiro atoms. The summed E-state index contributed by atoms with van der Waals surface area (Å²) in [5, 5.41) is 35.7. The molecule has 2 rings (SSSR count). The molecule has 2 unspecified atom stereocenters. The maximum atomic E-state index is 11.3. The SMILES string of the molecule is Cc1c([N+](=O)[O-])c(OCCCNC(=O)O)nn1C1COCC(O)C1. The first-order valence-corrected chi connectivity index (χ1v) is 7.49. The van der Waals surface area contributed by atoms with Crippen LogP contribution in [0.1, 0.15) is 24.6 Å². The minimum atomic E-state index is -1.14. The van der Waals surface area contributed by atoms with Crippen molar-refractivity contribution in [2.24, 2.45) is 0 Å². The average molecular weight is 344 g/mol. The fraction of sp³-hybridized carbons (Fsp3) is 0.692. The summed E-state index contributed by atoms with van der Waals surface area (Å²) in [6.45, 7) is 2.36. The Balaban J connectivity index is 2.08. The molecule has 3 N–H and O–H groups in total. The predicted octanol–water partition coefficient (Wildman–Crippen LogP) is 0.459. The summed E-state index contributed by atoms with van der Waals surface area (Å²) in [6.07, 6.45) is -1.04. The highest BCUT2D eigenvalue weighted by Crippen LogP contribution is 2.33. The number of nitrogens with one attached hydrogen (secondary N) is 1. The lowest BCUT2D eigenvalue weighted by Crippen LogP contribution is -2.32. The number of nitrogens with zero attached hydrogens (tertiary/aromatic N) is 3. The van der Waals surface area contributed by atoms with Crippen LogP contribution in [0.15, 0.2) is 0 Å². The summed E-state index contributed by atoms with van der Waals surface area (Å²) >= 11 is 0. The molecule has 0 radical (unpaired) electrons. The van der Waals surface area contributed by atoms with E-state index in [1.54, 1.807) is 6.92 Å². The third-order valence-electron chi connectivity index (χ3n) is 3.62. The first-order valence-electron chi connectivity index (χ1n) is 7.49. The molecule has 24 heavy (non-hydrogen) atoms. The lowest BCUT2D eigenvalue weighted by Gasteiger charge is -2.26. The predicted molar refractivity (Wildman–Crippen MR) is 80.2 cm³/mol. The zero-order valence-corrected chi connectivity index (χ0v) is 13.2. The van der Waals surface area contributed by atoms with Crippen molar-refractivity contribution in [2.45, 2.75) is 31.9 Å². The van der Waals surface area contributed by atoms with Crippen LogP contribution in [0, 0.1) is 17.0 Å². The zero-order valence-electron chi connectivity index (χ0n) is 13.2. The van der Waals surface area contributed by atoms with Gasteiger partial charge in [0.15, 0.2) is 0 Å². The van der Waals surface area contributed by atoms with Crippen molar-refractivity contribution in [3.8, 4) is 5.88 Å². The van der Waals surface area contributed by atoms with Gasteiger partial charge in [0.05, 0.1) is 36.9 Å². The topological polar surface area (TPSA) is 149 Å². The number of nitro groups is 1. The Morgan fingerprint density at radius 3 is 2.96 bits per heavy atom. The van der Waals surface area contributed by atoms with Gasteiger partial charge in [-0.25, -0.2) is 4.79 Å². The Labute approximate surface area is 137 Å². The van der Waals surface area contributed by atoms with Crippen molar-refractivity contribution in [1.82, 2.24) is 15.1 Å². The Hall–Kier alpha value is -2.40. The molecule has 0 aromatic carbocycles. The molecule has 0 aliphatic carbocycles. The fourth-order valence-corrected chi connectivity index (χ4v) is 2.54. The van der Waals surface area contributed by atoms with Crippen LogP contribution < -0.4 is 10.1 Å². The highest BCUT2D eigenvalue weighted by Gasteiger charge is 2.32. The van der Waals surface area contributed by atoms with Crippen LogP contribution in [0.3, 0.4) is 0 Å². The van der Waals surface area contributed by atoms with Crippen LogP contribution in [0.4, 0.5) is 10.5 Å². The highest BCUT2D eigenvalue weighted by atomic mass is 16.6. The van der Waals surface area contributed by atoms with Gasteiger partial charge in [-0.2, -0.15) is 0 Å². The maximum absolute atomic E-state index is 11.3. The largest absolute Gasteiger partial charge is 0.472 e. The summed E-state index contributed by atoms with van der Waals surface area (Å²) in [7, 11) is 0.